The third-order valence-electron chi connectivity index (χ3n) is 2.20. The van der Waals surface area contributed by atoms with Crippen LogP contribution in [0.4, 0.5) is 0 Å². The minimum atomic E-state index is -0.229. The van der Waals surface area contributed by atoms with Crippen molar-refractivity contribution in [3.8, 4) is 0 Å². The predicted molar refractivity (Wildman–Crippen MR) is 69.0 cm³/mol. The molecule has 1 aromatic carbocycles. The van der Waals surface area contributed by atoms with Crippen molar-refractivity contribution in [2.75, 3.05) is 0 Å². The van der Waals surface area contributed by atoms with E-state index in [0.717, 1.165) is 0 Å². The minimum Gasteiger partial charge on any atom is -0.467 e. The van der Waals surface area contributed by atoms with Crippen molar-refractivity contribution in [1.82, 2.24) is 5.32 Å². The zero-order valence-electron chi connectivity index (χ0n) is 8.74. The van der Waals surface area contributed by atoms with Crippen LogP contribution in [-0.4, -0.2) is 5.91 Å². The first-order valence-corrected chi connectivity index (χ1v) is 6.10. The SMILES string of the molecule is O=C(NCc1ccco1)c1cccc(Br)c1Cl. The van der Waals surface area contributed by atoms with Crippen molar-refractivity contribution in [2.45, 2.75) is 6.54 Å². The van der Waals surface area contributed by atoms with E-state index in [9.17, 15) is 4.79 Å². The van der Waals surface area contributed by atoms with Gasteiger partial charge in [-0.3, -0.25) is 4.79 Å². The molecule has 88 valence electrons. The molecular formula is C12H9BrClNO2. The molecule has 1 aromatic heterocycles. The van der Waals surface area contributed by atoms with Gasteiger partial charge < -0.3 is 9.73 Å². The molecule has 3 nitrogen and oxygen atoms in total. The average molecular weight is 315 g/mol. The molecule has 17 heavy (non-hydrogen) atoms. The second-order valence-electron chi connectivity index (χ2n) is 3.36. The van der Waals surface area contributed by atoms with Gasteiger partial charge in [0.1, 0.15) is 5.76 Å². The smallest absolute Gasteiger partial charge is 0.253 e. The number of halogens is 2. The Bertz CT molecular complexity index is 525. The maximum Gasteiger partial charge on any atom is 0.253 e. The molecular weight excluding hydrogens is 305 g/mol. The van der Waals surface area contributed by atoms with Gasteiger partial charge in [0.05, 0.1) is 23.4 Å². The van der Waals surface area contributed by atoms with Crippen molar-refractivity contribution in [3.05, 3.63) is 57.4 Å². The lowest BCUT2D eigenvalue weighted by molar-refractivity contribution is 0.0948. The van der Waals surface area contributed by atoms with Gasteiger partial charge >= 0.3 is 0 Å². The number of rotatable bonds is 3. The molecule has 0 atom stereocenters. The number of nitrogens with one attached hydrogen (secondary N) is 1. The standard InChI is InChI=1S/C12H9BrClNO2/c13-10-5-1-4-9(11(10)14)12(16)15-7-8-3-2-6-17-8/h1-6H,7H2,(H,15,16). The van der Waals surface area contributed by atoms with E-state index in [4.69, 9.17) is 16.0 Å². The van der Waals surface area contributed by atoms with Gasteiger partial charge in [-0.25, -0.2) is 0 Å². The van der Waals surface area contributed by atoms with Crippen molar-refractivity contribution in [1.29, 1.82) is 0 Å². The van der Waals surface area contributed by atoms with Crippen molar-refractivity contribution >= 4 is 33.4 Å². The van der Waals surface area contributed by atoms with Crippen LogP contribution in [0.2, 0.25) is 5.02 Å². The van der Waals surface area contributed by atoms with Crippen LogP contribution in [0, 0.1) is 0 Å². The molecule has 5 heteroatoms. The van der Waals surface area contributed by atoms with Gasteiger partial charge in [-0.1, -0.05) is 17.7 Å². The summed E-state index contributed by atoms with van der Waals surface area (Å²) in [6.07, 6.45) is 1.56. The molecule has 0 spiro atoms. The van der Waals surface area contributed by atoms with Crippen LogP contribution in [0.1, 0.15) is 16.1 Å². The van der Waals surface area contributed by atoms with Gasteiger partial charge in [-0.2, -0.15) is 0 Å². The average Bonchev–Trinajstić information content (AvgIpc) is 2.82. The van der Waals surface area contributed by atoms with E-state index in [2.05, 4.69) is 21.2 Å². The number of amides is 1. The van der Waals surface area contributed by atoms with E-state index in [1.807, 2.05) is 0 Å². The Balaban J connectivity index is 2.07. The molecule has 2 aromatic rings. The van der Waals surface area contributed by atoms with Crippen LogP contribution in [0.3, 0.4) is 0 Å². The highest BCUT2D eigenvalue weighted by Gasteiger charge is 2.12. The first-order valence-electron chi connectivity index (χ1n) is 4.93. The Morgan fingerprint density at radius 1 is 1.35 bits per heavy atom. The number of carbonyl (C=O) groups excluding carboxylic acids is 1. The van der Waals surface area contributed by atoms with E-state index in [0.29, 0.717) is 27.4 Å². The van der Waals surface area contributed by atoms with Gasteiger partial charge in [0.25, 0.3) is 5.91 Å². The summed E-state index contributed by atoms with van der Waals surface area (Å²) in [7, 11) is 0. The van der Waals surface area contributed by atoms with Crippen LogP contribution < -0.4 is 5.32 Å². The fourth-order valence-electron chi connectivity index (χ4n) is 1.35. The highest BCUT2D eigenvalue weighted by molar-refractivity contribution is 9.10. The van der Waals surface area contributed by atoms with E-state index in [1.165, 1.54) is 0 Å². The number of hydrogen-bond donors (Lipinski definition) is 1. The molecule has 0 bridgehead atoms. The molecule has 1 amide bonds. The minimum absolute atomic E-state index is 0.229. The number of benzene rings is 1. The van der Waals surface area contributed by atoms with Crippen LogP contribution in [0.15, 0.2) is 45.5 Å². The van der Waals surface area contributed by atoms with Crippen LogP contribution >= 0.6 is 27.5 Å². The van der Waals surface area contributed by atoms with Crippen LogP contribution in [0.25, 0.3) is 0 Å². The molecule has 1 heterocycles. The normalized spacial score (nSPS) is 10.2. The zero-order chi connectivity index (χ0) is 12.3. The van der Waals surface area contributed by atoms with Crippen molar-refractivity contribution in [3.63, 3.8) is 0 Å². The van der Waals surface area contributed by atoms with E-state index in [1.54, 1.807) is 36.6 Å². The summed E-state index contributed by atoms with van der Waals surface area (Å²) in [4.78, 5) is 11.9. The number of furan rings is 1. The van der Waals surface area contributed by atoms with Gasteiger partial charge in [-0.15, -0.1) is 0 Å². The lowest BCUT2D eigenvalue weighted by Crippen LogP contribution is -2.22. The molecule has 0 saturated heterocycles. The van der Waals surface area contributed by atoms with Gasteiger partial charge in [-0.05, 0) is 40.2 Å². The summed E-state index contributed by atoms with van der Waals surface area (Å²) in [6.45, 7) is 0.342. The predicted octanol–water partition coefficient (Wildman–Crippen LogP) is 3.63. The first-order chi connectivity index (χ1) is 8.18. The summed E-state index contributed by atoms with van der Waals surface area (Å²) >= 11 is 9.29. The topological polar surface area (TPSA) is 42.2 Å². The molecule has 0 aliphatic heterocycles. The molecule has 0 unspecified atom stereocenters. The van der Waals surface area contributed by atoms with E-state index < -0.39 is 0 Å². The third-order valence-corrected chi connectivity index (χ3v) is 3.50. The largest absolute Gasteiger partial charge is 0.467 e. The summed E-state index contributed by atoms with van der Waals surface area (Å²) in [5.41, 5.74) is 0.438. The molecule has 0 aliphatic rings. The molecule has 0 saturated carbocycles. The van der Waals surface area contributed by atoms with Crippen LogP contribution in [-0.2, 0) is 6.54 Å². The molecule has 2 rings (SSSR count). The fourth-order valence-corrected chi connectivity index (χ4v) is 1.93. The second-order valence-corrected chi connectivity index (χ2v) is 4.60. The Kier molecular flexibility index (Phi) is 3.86. The Morgan fingerprint density at radius 3 is 2.88 bits per heavy atom. The molecule has 0 radical (unpaired) electrons. The van der Waals surface area contributed by atoms with Gasteiger partial charge in [0.2, 0.25) is 0 Å². The van der Waals surface area contributed by atoms with Crippen LogP contribution in [0.5, 0.6) is 0 Å². The highest BCUT2D eigenvalue weighted by Crippen LogP contribution is 2.25. The monoisotopic (exact) mass is 313 g/mol. The van der Waals surface area contributed by atoms with E-state index in [-0.39, 0.29) is 5.91 Å². The number of hydrogen-bond acceptors (Lipinski definition) is 2. The maximum atomic E-state index is 11.9. The fraction of sp³-hybridized carbons (Fsp3) is 0.0833. The molecule has 0 fully saturated rings. The lowest BCUT2D eigenvalue weighted by atomic mass is 10.2. The Labute approximate surface area is 112 Å². The molecule has 1 N–H and O–H groups in total. The van der Waals surface area contributed by atoms with E-state index >= 15 is 0 Å². The summed E-state index contributed by atoms with van der Waals surface area (Å²) < 4.78 is 5.82. The summed E-state index contributed by atoms with van der Waals surface area (Å²) in [5, 5.41) is 3.14. The van der Waals surface area contributed by atoms with Crippen molar-refractivity contribution < 1.29 is 9.21 Å². The van der Waals surface area contributed by atoms with Gasteiger partial charge in [0, 0.05) is 4.47 Å². The lowest BCUT2D eigenvalue weighted by Gasteiger charge is -2.06. The second kappa shape index (κ2) is 5.38. The molecule has 0 aliphatic carbocycles. The maximum absolute atomic E-state index is 11.9. The zero-order valence-corrected chi connectivity index (χ0v) is 11.1. The Morgan fingerprint density at radius 2 is 2.18 bits per heavy atom. The van der Waals surface area contributed by atoms with Gasteiger partial charge in [0.15, 0.2) is 0 Å². The summed E-state index contributed by atoms with van der Waals surface area (Å²) in [6, 6.07) is 8.78. The summed E-state index contributed by atoms with van der Waals surface area (Å²) in [5.74, 6) is 0.470. The first kappa shape index (κ1) is 12.2. The van der Waals surface area contributed by atoms with Crippen molar-refractivity contribution in [2.24, 2.45) is 0 Å². The number of carbonyl (C=O) groups is 1. The highest BCUT2D eigenvalue weighted by atomic mass is 79.9. The third kappa shape index (κ3) is 2.90. The quantitative estimate of drug-likeness (QED) is 0.940. The Hall–Kier alpha value is -1.26.